The average molecular weight is 405 g/mol. The van der Waals surface area contributed by atoms with Crippen LogP contribution >= 0.6 is 0 Å². The van der Waals surface area contributed by atoms with Crippen molar-refractivity contribution in [2.45, 2.75) is 61.6 Å². The fourth-order valence-electron chi connectivity index (χ4n) is 4.63. The molecule has 8 nitrogen and oxygen atoms in total. The van der Waals surface area contributed by atoms with Crippen LogP contribution in [0.3, 0.4) is 0 Å². The average Bonchev–Trinajstić information content (AvgIpc) is 2.96. The van der Waals surface area contributed by atoms with Crippen LogP contribution in [0.1, 0.15) is 39.3 Å². The van der Waals surface area contributed by atoms with Gasteiger partial charge in [-0.05, 0) is 33.3 Å². The molecule has 0 aliphatic carbocycles. The number of fused-ring (bicyclic) bond motifs is 1. The summed E-state index contributed by atoms with van der Waals surface area (Å²) in [5.74, 6) is -1.92. The highest BCUT2D eigenvalue weighted by atomic mass is 32.2. The number of rotatable bonds is 3. The number of carbonyl (C=O) groups is 3. The maximum absolute atomic E-state index is 13.3. The molecule has 28 heavy (non-hydrogen) atoms. The van der Waals surface area contributed by atoms with Crippen LogP contribution in [0.25, 0.3) is 0 Å². The second kappa shape index (κ2) is 5.87. The van der Waals surface area contributed by atoms with Gasteiger partial charge in [0.25, 0.3) is 0 Å². The molecule has 3 saturated heterocycles. The second-order valence-corrected chi connectivity index (χ2v) is 10.6. The topological polar surface area (TPSA) is 107 Å². The first-order chi connectivity index (χ1) is 13.0. The molecule has 0 radical (unpaired) electrons. The summed E-state index contributed by atoms with van der Waals surface area (Å²) < 4.78 is 12.0. The van der Waals surface area contributed by atoms with Gasteiger partial charge in [-0.3, -0.25) is 19.1 Å². The third-order valence-corrected chi connectivity index (χ3v) is 8.14. The highest BCUT2D eigenvalue weighted by Gasteiger charge is 2.71. The zero-order valence-corrected chi connectivity index (χ0v) is 16.9. The van der Waals surface area contributed by atoms with Crippen molar-refractivity contribution in [3.63, 3.8) is 0 Å². The molecule has 2 amide bonds. The number of β-lactam (4-membered cyclic amide) rings is 1. The first-order valence-corrected chi connectivity index (χ1v) is 10.3. The molecule has 1 unspecified atom stereocenters. The number of carboxylic acids is 1. The zero-order chi connectivity index (χ0) is 20.6. The Labute approximate surface area is 165 Å². The first-order valence-electron chi connectivity index (χ1n) is 9.11. The molecule has 0 spiro atoms. The SMILES string of the molecule is CC1(C)NC(c2ccccc2)C(=O)N1[C@@H]1C(=O)N2[C@@H]1[S@@](=O)C(C)(C)[C@@H]2C(=O)O. The molecule has 0 bridgehead atoms. The predicted octanol–water partition coefficient (Wildman–Crippen LogP) is 0.427. The molecule has 5 atom stereocenters. The van der Waals surface area contributed by atoms with Gasteiger partial charge in [0.1, 0.15) is 23.5 Å². The van der Waals surface area contributed by atoms with Gasteiger partial charge in [-0.2, -0.15) is 0 Å². The quantitative estimate of drug-likeness (QED) is 0.706. The molecule has 1 aromatic rings. The number of carboxylic acid groups (broad SMARTS) is 1. The molecule has 3 aliphatic heterocycles. The summed E-state index contributed by atoms with van der Waals surface area (Å²) >= 11 is 0. The van der Waals surface area contributed by atoms with Gasteiger partial charge in [0.2, 0.25) is 11.8 Å². The Morgan fingerprint density at radius 3 is 2.29 bits per heavy atom. The molecule has 9 heteroatoms. The number of hydrogen-bond acceptors (Lipinski definition) is 5. The highest BCUT2D eigenvalue weighted by Crippen LogP contribution is 2.47. The smallest absolute Gasteiger partial charge is 0.328 e. The number of carbonyl (C=O) groups excluding carboxylic acids is 2. The third kappa shape index (κ3) is 2.32. The van der Waals surface area contributed by atoms with Gasteiger partial charge in [0.05, 0.1) is 21.2 Å². The van der Waals surface area contributed by atoms with Crippen molar-refractivity contribution in [3.8, 4) is 0 Å². The van der Waals surface area contributed by atoms with Crippen molar-refractivity contribution < 1.29 is 23.7 Å². The van der Waals surface area contributed by atoms with Crippen LogP contribution in [-0.4, -0.2) is 64.8 Å². The largest absolute Gasteiger partial charge is 0.480 e. The molecule has 0 saturated carbocycles. The van der Waals surface area contributed by atoms with Crippen LogP contribution in [0.15, 0.2) is 30.3 Å². The lowest BCUT2D eigenvalue weighted by Crippen LogP contribution is -2.74. The van der Waals surface area contributed by atoms with E-state index in [1.165, 1.54) is 9.80 Å². The van der Waals surface area contributed by atoms with E-state index < -0.39 is 56.6 Å². The van der Waals surface area contributed by atoms with Gasteiger partial charge in [0.15, 0.2) is 0 Å². The van der Waals surface area contributed by atoms with Crippen molar-refractivity contribution in [3.05, 3.63) is 35.9 Å². The maximum Gasteiger partial charge on any atom is 0.328 e. The lowest BCUT2D eigenvalue weighted by molar-refractivity contribution is -0.170. The van der Waals surface area contributed by atoms with Crippen molar-refractivity contribution in [1.82, 2.24) is 15.1 Å². The maximum atomic E-state index is 13.3. The molecule has 2 N–H and O–H groups in total. The number of amides is 2. The molecule has 150 valence electrons. The van der Waals surface area contributed by atoms with Crippen LogP contribution in [0.5, 0.6) is 0 Å². The monoisotopic (exact) mass is 405 g/mol. The number of hydrogen-bond donors (Lipinski definition) is 2. The van der Waals surface area contributed by atoms with Gasteiger partial charge in [-0.1, -0.05) is 30.3 Å². The Morgan fingerprint density at radius 2 is 1.71 bits per heavy atom. The summed E-state index contributed by atoms with van der Waals surface area (Å²) in [7, 11) is -1.62. The van der Waals surface area contributed by atoms with Crippen molar-refractivity contribution in [1.29, 1.82) is 0 Å². The molecule has 4 rings (SSSR count). The summed E-state index contributed by atoms with van der Waals surface area (Å²) in [5.41, 5.74) is -0.0670. The van der Waals surface area contributed by atoms with Gasteiger partial charge < -0.3 is 14.9 Å². The van der Waals surface area contributed by atoms with Gasteiger partial charge in [0, 0.05) is 0 Å². The van der Waals surface area contributed by atoms with E-state index in [1.807, 2.05) is 30.3 Å². The van der Waals surface area contributed by atoms with E-state index in [2.05, 4.69) is 5.32 Å². The standard InChI is InChI=1S/C19H23N3O5S/c1-18(2)13(17(25)26)21-15(24)12(16(21)28(18)27)22-14(23)11(20-19(22,3)4)10-8-6-5-7-9-10/h5-9,11-13,16,20H,1-4H3,(H,25,26)/t11?,12-,13+,16-,28-/m1/s1. The summed E-state index contributed by atoms with van der Waals surface area (Å²) in [5, 5.41) is 12.0. The third-order valence-electron chi connectivity index (χ3n) is 5.96. The minimum Gasteiger partial charge on any atom is -0.480 e. The minimum absolute atomic E-state index is 0.275. The fraction of sp³-hybridized carbons (Fsp3) is 0.526. The fourth-order valence-corrected chi connectivity index (χ4v) is 6.59. The molecule has 1 aromatic carbocycles. The van der Waals surface area contributed by atoms with E-state index in [0.29, 0.717) is 0 Å². The minimum atomic E-state index is -1.62. The van der Waals surface area contributed by atoms with Gasteiger partial charge >= 0.3 is 5.97 Å². The van der Waals surface area contributed by atoms with E-state index >= 15 is 0 Å². The van der Waals surface area contributed by atoms with E-state index in [4.69, 9.17) is 0 Å². The molecule has 3 aliphatic rings. The summed E-state index contributed by atoms with van der Waals surface area (Å²) in [6, 6.07) is 6.48. The number of nitrogens with zero attached hydrogens (tertiary/aromatic N) is 2. The van der Waals surface area contributed by atoms with Crippen LogP contribution in [0.4, 0.5) is 0 Å². The lowest BCUT2D eigenvalue weighted by Gasteiger charge is -2.50. The summed E-state index contributed by atoms with van der Waals surface area (Å²) in [6.07, 6.45) is 0. The molecule has 0 aromatic heterocycles. The van der Waals surface area contributed by atoms with Crippen LogP contribution in [0.2, 0.25) is 0 Å². The van der Waals surface area contributed by atoms with E-state index in [0.717, 1.165) is 5.56 Å². The number of aliphatic carboxylic acids is 1. The number of benzene rings is 1. The van der Waals surface area contributed by atoms with Gasteiger partial charge in [-0.25, -0.2) is 4.79 Å². The van der Waals surface area contributed by atoms with E-state index in [1.54, 1.807) is 27.7 Å². The normalized spacial score (nSPS) is 35.6. The lowest BCUT2D eigenvalue weighted by atomic mass is 9.94. The summed E-state index contributed by atoms with van der Waals surface area (Å²) in [6.45, 7) is 6.77. The summed E-state index contributed by atoms with van der Waals surface area (Å²) in [4.78, 5) is 40.6. The Hall–Kier alpha value is -2.26. The van der Waals surface area contributed by atoms with E-state index in [9.17, 15) is 23.7 Å². The molecular formula is C19H23N3O5S. The van der Waals surface area contributed by atoms with Crippen molar-refractivity contribution in [2.75, 3.05) is 0 Å². The Balaban J connectivity index is 1.70. The highest BCUT2D eigenvalue weighted by molar-refractivity contribution is 7.87. The second-order valence-electron chi connectivity index (χ2n) is 8.48. The number of nitrogens with one attached hydrogen (secondary N) is 1. The van der Waals surface area contributed by atoms with Crippen molar-refractivity contribution in [2.24, 2.45) is 0 Å². The molecular weight excluding hydrogens is 382 g/mol. The van der Waals surface area contributed by atoms with Crippen LogP contribution in [-0.2, 0) is 25.2 Å². The van der Waals surface area contributed by atoms with Crippen molar-refractivity contribution >= 4 is 28.6 Å². The molecule has 3 heterocycles. The first kappa shape index (κ1) is 19.1. The van der Waals surface area contributed by atoms with Crippen LogP contribution in [0, 0.1) is 0 Å². The zero-order valence-electron chi connectivity index (χ0n) is 16.1. The Morgan fingerprint density at radius 1 is 1.11 bits per heavy atom. The van der Waals surface area contributed by atoms with Gasteiger partial charge in [-0.15, -0.1) is 0 Å². The van der Waals surface area contributed by atoms with E-state index in [-0.39, 0.29) is 5.91 Å². The van der Waals surface area contributed by atoms with Crippen LogP contribution < -0.4 is 5.32 Å². The molecule has 3 fully saturated rings. The Bertz CT molecular complexity index is 900. The Kier molecular flexibility index (Phi) is 4.00. The predicted molar refractivity (Wildman–Crippen MR) is 101 cm³/mol.